The molecule has 0 saturated carbocycles. The topological polar surface area (TPSA) is 131 Å². The molecule has 6 rings (SSSR count). The molecular weight excluding hydrogens is 450 g/mol. The van der Waals surface area contributed by atoms with Crippen molar-refractivity contribution in [1.29, 1.82) is 0 Å². The number of nitrogens with zero attached hydrogens (tertiary/aromatic N) is 5. The molecule has 0 unspecified atom stereocenters. The summed E-state index contributed by atoms with van der Waals surface area (Å²) in [5.41, 5.74) is -0.0775. The molecule has 2 aliphatic heterocycles. The molecule has 35 heavy (non-hydrogen) atoms. The Labute approximate surface area is 198 Å². The quantitative estimate of drug-likeness (QED) is 0.436. The van der Waals surface area contributed by atoms with E-state index in [-0.39, 0.29) is 0 Å². The molecule has 0 radical (unpaired) electrons. The van der Waals surface area contributed by atoms with Crippen molar-refractivity contribution in [2.75, 3.05) is 11.4 Å². The molecule has 3 aromatic heterocycles. The minimum Gasteiger partial charge on any atom is -0.439 e. The van der Waals surface area contributed by atoms with Crippen LogP contribution in [0.1, 0.15) is 12.8 Å². The Morgan fingerprint density at radius 1 is 0.971 bits per heavy atom. The zero-order chi connectivity index (χ0) is 24.0. The number of carbonyl (C=O) groups is 3. The summed E-state index contributed by atoms with van der Waals surface area (Å²) in [6.07, 6.45) is 6.07. The van der Waals surface area contributed by atoms with E-state index in [4.69, 9.17) is 4.74 Å². The van der Waals surface area contributed by atoms with Gasteiger partial charge in [-0.3, -0.25) is 20.2 Å². The minimum absolute atomic E-state index is 0.308. The van der Waals surface area contributed by atoms with Gasteiger partial charge in [0.15, 0.2) is 11.4 Å². The first-order chi connectivity index (χ1) is 17.0. The smallest absolute Gasteiger partial charge is 0.328 e. The SMILES string of the molecule is O=C1NC(=O)C2(CCCN2c2ccc(Oc3ccc4nn(-c5ccccn5)cc4c3)nc2)C(=O)N1. The summed E-state index contributed by atoms with van der Waals surface area (Å²) in [5.74, 6) is 0.409. The number of benzene rings is 1. The molecule has 2 aliphatic rings. The van der Waals surface area contributed by atoms with E-state index >= 15 is 0 Å². The van der Waals surface area contributed by atoms with E-state index in [0.29, 0.717) is 42.5 Å². The van der Waals surface area contributed by atoms with Gasteiger partial charge < -0.3 is 9.64 Å². The molecule has 5 heterocycles. The third kappa shape index (κ3) is 3.44. The van der Waals surface area contributed by atoms with Gasteiger partial charge in [-0.15, -0.1) is 0 Å². The second kappa shape index (κ2) is 7.90. The minimum atomic E-state index is -1.46. The summed E-state index contributed by atoms with van der Waals surface area (Å²) in [4.78, 5) is 47.2. The number of hydrogen-bond acceptors (Lipinski definition) is 8. The summed E-state index contributed by atoms with van der Waals surface area (Å²) in [7, 11) is 0. The molecule has 2 fully saturated rings. The van der Waals surface area contributed by atoms with Gasteiger partial charge in [-0.2, -0.15) is 5.10 Å². The average Bonchev–Trinajstić information content (AvgIpc) is 3.49. The third-order valence-corrected chi connectivity index (χ3v) is 6.20. The van der Waals surface area contributed by atoms with Crippen molar-refractivity contribution in [3.63, 3.8) is 0 Å². The molecule has 4 amide bonds. The fourth-order valence-corrected chi connectivity index (χ4v) is 4.58. The molecule has 0 atom stereocenters. The van der Waals surface area contributed by atoms with E-state index in [1.54, 1.807) is 40.2 Å². The lowest BCUT2D eigenvalue weighted by Crippen LogP contribution is -2.71. The van der Waals surface area contributed by atoms with E-state index in [9.17, 15) is 14.4 Å². The Balaban J connectivity index is 1.23. The number of rotatable bonds is 4. The summed E-state index contributed by atoms with van der Waals surface area (Å²) >= 11 is 0. The van der Waals surface area contributed by atoms with Crippen molar-refractivity contribution in [2.24, 2.45) is 0 Å². The van der Waals surface area contributed by atoms with Gasteiger partial charge in [0.1, 0.15) is 5.75 Å². The molecular formula is C24H19N7O4. The summed E-state index contributed by atoms with van der Waals surface area (Å²) in [6, 6.07) is 13.7. The molecule has 0 bridgehead atoms. The Kier molecular flexibility index (Phi) is 4.69. The predicted molar refractivity (Wildman–Crippen MR) is 124 cm³/mol. The number of imide groups is 2. The number of anilines is 1. The van der Waals surface area contributed by atoms with Crippen LogP contribution in [0.3, 0.4) is 0 Å². The first-order valence-corrected chi connectivity index (χ1v) is 11.0. The van der Waals surface area contributed by atoms with Gasteiger partial charge in [0, 0.05) is 30.4 Å². The number of urea groups is 1. The van der Waals surface area contributed by atoms with E-state index in [1.807, 2.05) is 36.5 Å². The van der Waals surface area contributed by atoms with Gasteiger partial charge in [-0.1, -0.05) is 6.07 Å². The van der Waals surface area contributed by atoms with Crippen LogP contribution in [0.4, 0.5) is 10.5 Å². The standard InChI is InChI=1S/C24H19N7O4/c32-21-24(22(33)28-23(34)27-21)9-3-11-30(24)16-5-8-20(26-13-16)35-17-6-7-18-15(12-17)14-31(29-18)19-4-1-2-10-25-19/h1-2,4-8,10,12-14H,3,9,11H2,(H2,27,28,32,33,34). The normalized spacial score (nSPS) is 17.0. The number of carbonyl (C=O) groups excluding carboxylic acids is 3. The maximum Gasteiger partial charge on any atom is 0.328 e. The van der Waals surface area contributed by atoms with Gasteiger partial charge in [0.25, 0.3) is 11.8 Å². The first-order valence-electron chi connectivity index (χ1n) is 11.0. The Hall–Kier alpha value is -4.80. The molecule has 2 N–H and O–H groups in total. The summed E-state index contributed by atoms with van der Waals surface area (Å²) in [5, 5.41) is 9.83. The summed E-state index contributed by atoms with van der Waals surface area (Å²) in [6.45, 7) is 0.480. The maximum atomic E-state index is 12.6. The molecule has 0 aliphatic carbocycles. The number of aromatic nitrogens is 4. The highest BCUT2D eigenvalue weighted by Gasteiger charge is 2.57. The van der Waals surface area contributed by atoms with Gasteiger partial charge in [0.2, 0.25) is 5.88 Å². The second-order valence-electron chi connectivity index (χ2n) is 8.29. The lowest BCUT2D eigenvalue weighted by atomic mass is 9.92. The van der Waals surface area contributed by atoms with Crippen molar-refractivity contribution >= 4 is 34.4 Å². The van der Waals surface area contributed by atoms with Crippen LogP contribution in [0, 0.1) is 0 Å². The highest BCUT2D eigenvalue weighted by molar-refractivity contribution is 6.24. The fraction of sp³-hybridized carbons (Fsp3) is 0.167. The number of fused-ring (bicyclic) bond motifs is 1. The molecule has 11 nitrogen and oxygen atoms in total. The van der Waals surface area contributed by atoms with Crippen LogP contribution < -0.4 is 20.3 Å². The zero-order valence-electron chi connectivity index (χ0n) is 18.3. The van der Waals surface area contributed by atoms with Crippen molar-refractivity contribution < 1.29 is 19.1 Å². The van der Waals surface area contributed by atoms with Crippen LogP contribution >= 0.6 is 0 Å². The number of pyridine rings is 2. The van der Waals surface area contributed by atoms with Gasteiger partial charge in [0.05, 0.1) is 17.4 Å². The van der Waals surface area contributed by atoms with E-state index in [1.165, 1.54) is 0 Å². The van der Waals surface area contributed by atoms with Crippen molar-refractivity contribution in [3.05, 3.63) is 67.1 Å². The van der Waals surface area contributed by atoms with Crippen LogP contribution in [0.25, 0.3) is 16.7 Å². The molecule has 174 valence electrons. The van der Waals surface area contributed by atoms with Gasteiger partial charge in [-0.25, -0.2) is 19.4 Å². The number of nitrogens with one attached hydrogen (secondary N) is 2. The van der Waals surface area contributed by atoms with Crippen molar-refractivity contribution in [1.82, 2.24) is 30.4 Å². The zero-order valence-corrected chi connectivity index (χ0v) is 18.3. The fourth-order valence-electron chi connectivity index (χ4n) is 4.58. The molecule has 1 aromatic carbocycles. The highest BCUT2D eigenvalue weighted by Crippen LogP contribution is 2.36. The number of hydrogen-bond donors (Lipinski definition) is 2. The van der Waals surface area contributed by atoms with Crippen LogP contribution in [-0.2, 0) is 9.59 Å². The lowest BCUT2D eigenvalue weighted by molar-refractivity contribution is -0.137. The van der Waals surface area contributed by atoms with Crippen molar-refractivity contribution in [2.45, 2.75) is 18.4 Å². The van der Waals surface area contributed by atoms with Crippen LogP contribution in [-0.4, -0.2) is 49.7 Å². The average molecular weight is 469 g/mol. The monoisotopic (exact) mass is 469 g/mol. The van der Waals surface area contributed by atoms with Crippen LogP contribution in [0.2, 0.25) is 0 Å². The molecule has 1 spiro atoms. The van der Waals surface area contributed by atoms with Crippen LogP contribution in [0.5, 0.6) is 11.6 Å². The van der Waals surface area contributed by atoms with Crippen molar-refractivity contribution in [3.8, 4) is 17.4 Å². The molecule has 4 aromatic rings. The lowest BCUT2D eigenvalue weighted by Gasteiger charge is -2.38. The number of ether oxygens (including phenoxy) is 1. The Morgan fingerprint density at radius 3 is 2.57 bits per heavy atom. The second-order valence-corrected chi connectivity index (χ2v) is 8.29. The highest BCUT2D eigenvalue weighted by atomic mass is 16.5. The Bertz CT molecular complexity index is 1450. The third-order valence-electron chi connectivity index (χ3n) is 6.20. The van der Waals surface area contributed by atoms with Gasteiger partial charge >= 0.3 is 6.03 Å². The summed E-state index contributed by atoms with van der Waals surface area (Å²) < 4.78 is 7.63. The molecule has 2 saturated heterocycles. The number of amides is 4. The predicted octanol–water partition coefficient (Wildman–Crippen LogP) is 2.31. The van der Waals surface area contributed by atoms with Gasteiger partial charge in [-0.05, 0) is 49.2 Å². The van der Waals surface area contributed by atoms with E-state index in [0.717, 1.165) is 10.9 Å². The van der Waals surface area contributed by atoms with E-state index in [2.05, 4.69) is 25.7 Å². The largest absolute Gasteiger partial charge is 0.439 e. The molecule has 11 heteroatoms. The Morgan fingerprint density at radius 2 is 1.83 bits per heavy atom. The first kappa shape index (κ1) is 20.8. The van der Waals surface area contributed by atoms with E-state index < -0.39 is 23.4 Å². The van der Waals surface area contributed by atoms with Crippen LogP contribution in [0.15, 0.2) is 67.1 Å². The number of barbiturate groups is 1. The maximum absolute atomic E-state index is 12.6.